The van der Waals surface area contributed by atoms with Crippen LogP contribution in [0.1, 0.15) is 34.3 Å². The number of nitrogens with zero attached hydrogens (tertiary/aromatic N) is 1. The predicted molar refractivity (Wildman–Crippen MR) is 76.3 cm³/mol. The van der Waals surface area contributed by atoms with Crippen LogP contribution >= 0.6 is 0 Å². The van der Waals surface area contributed by atoms with Crippen LogP contribution in [0.4, 0.5) is 5.69 Å². The summed E-state index contributed by atoms with van der Waals surface area (Å²) < 4.78 is 10.2. The van der Waals surface area contributed by atoms with Gasteiger partial charge in [0, 0.05) is 5.69 Å². The van der Waals surface area contributed by atoms with E-state index in [1.165, 1.54) is 0 Å². The fraction of sp³-hybridized carbons (Fsp3) is 0.333. The molecule has 0 aliphatic heterocycles. The van der Waals surface area contributed by atoms with Crippen LogP contribution < -0.4 is 10.1 Å². The largest absolute Gasteiger partial charge is 0.497 e. The number of benzene rings is 1. The molecule has 0 saturated heterocycles. The van der Waals surface area contributed by atoms with Gasteiger partial charge in [-0.2, -0.15) is 0 Å². The summed E-state index contributed by atoms with van der Waals surface area (Å²) in [5, 5.41) is 6.78. The summed E-state index contributed by atoms with van der Waals surface area (Å²) in [6, 6.07) is 5.50. The number of ether oxygens (including phenoxy) is 1. The molecule has 106 valence electrons. The van der Waals surface area contributed by atoms with Crippen molar-refractivity contribution < 1.29 is 14.1 Å². The summed E-state index contributed by atoms with van der Waals surface area (Å²) >= 11 is 0. The molecule has 2 rings (SSSR count). The smallest absolute Gasteiger partial charge is 0.261 e. The predicted octanol–water partition coefficient (Wildman–Crippen LogP) is 3.11. The maximum Gasteiger partial charge on any atom is 0.261 e. The van der Waals surface area contributed by atoms with Crippen LogP contribution in [0, 0.1) is 13.8 Å². The Hall–Kier alpha value is -2.30. The highest BCUT2D eigenvalue weighted by Crippen LogP contribution is 2.23. The van der Waals surface area contributed by atoms with Crippen molar-refractivity contribution in [1.29, 1.82) is 0 Å². The summed E-state index contributed by atoms with van der Waals surface area (Å²) in [6.45, 7) is 5.59. The van der Waals surface area contributed by atoms with Gasteiger partial charge < -0.3 is 14.6 Å². The van der Waals surface area contributed by atoms with E-state index in [0.29, 0.717) is 23.4 Å². The minimum absolute atomic E-state index is 0.200. The molecule has 0 aliphatic rings. The van der Waals surface area contributed by atoms with E-state index in [-0.39, 0.29) is 5.91 Å². The standard InChI is InChI=1S/C15H18N2O3/c1-5-12-14(10(3)20-17-12)15(18)16-13-7-6-11(19-4)8-9(13)2/h6-8H,5H2,1-4H3,(H,16,18). The maximum atomic E-state index is 12.3. The number of aryl methyl sites for hydroxylation is 3. The van der Waals surface area contributed by atoms with Gasteiger partial charge in [0.2, 0.25) is 0 Å². The molecule has 0 bridgehead atoms. The lowest BCUT2D eigenvalue weighted by molar-refractivity contribution is 0.102. The van der Waals surface area contributed by atoms with Crippen molar-refractivity contribution in [3.63, 3.8) is 0 Å². The second-order valence-electron chi connectivity index (χ2n) is 4.55. The number of amides is 1. The molecule has 1 heterocycles. The SMILES string of the molecule is CCc1noc(C)c1C(=O)Nc1ccc(OC)cc1C. The molecule has 1 aromatic heterocycles. The van der Waals surface area contributed by atoms with Crippen LogP contribution in [0.15, 0.2) is 22.7 Å². The Morgan fingerprint density at radius 1 is 1.40 bits per heavy atom. The van der Waals surface area contributed by atoms with Crippen molar-refractivity contribution in [3.05, 3.63) is 40.8 Å². The van der Waals surface area contributed by atoms with Gasteiger partial charge in [0.1, 0.15) is 17.1 Å². The van der Waals surface area contributed by atoms with E-state index in [9.17, 15) is 4.79 Å². The summed E-state index contributed by atoms with van der Waals surface area (Å²) in [7, 11) is 1.61. The zero-order valence-corrected chi connectivity index (χ0v) is 12.1. The molecule has 0 spiro atoms. The van der Waals surface area contributed by atoms with E-state index in [1.54, 1.807) is 14.0 Å². The highest BCUT2D eigenvalue weighted by Gasteiger charge is 2.19. The molecule has 2 aromatic rings. The summed E-state index contributed by atoms with van der Waals surface area (Å²) in [4.78, 5) is 12.3. The van der Waals surface area contributed by atoms with Crippen molar-refractivity contribution in [3.8, 4) is 5.75 Å². The molecule has 0 atom stereocenters. The summed E-state index contributed by atoms with van der Waals surface area (Å²) in [5.74, 6) is 1.09. The van der Waals surface area contributed by atoms with Crippen molar-refractivity contribution in [2.75, 3.05) is 12.4 Å². The number of aromatic nitrogens is 1. The molecular formula is C15H18N2O3. The Morgan fingerprint density at radius 3 is 2.75 bits per heavy atom. The zero-order valence-electron chi connectivity index (χ0n) is 12.1. The van der Waals surface area contributed by atoms with Crippen LogP contribution in [0.5, 0.6) is 5.75 Å². The third-order valence-corrected chi connectivity index (χ3v) is 3.18. The van der Waals surface area contributed by atoms with Gasteiger partial charge in [-0.3, -0.25) is 4.79 Å². The topological polar surface area (TPSA) is 64.4 Å². The molecule has 1 aromatic carbocycles. The quantitative estimate of drug-likeness (QED) is 0.930. The highest BCUT2D eigenvalue weighted by atomic mass is 16.5. The van der Waals surface area contributed by atoms with E-state index < -0.39 is 0 Å². The number of anilines is 1. The van der Waals surface area contributed by atoms with E-state index in [1.807, 2.05) is 32.0 Å². The number of methoxy groups -OCH3 is 1. The van der Waals surface area contributed by atoms with Crippen molar-refractivity contribution in [2.45, 2.75) is 27.2 Å². The molecule has 20 heavy (non-hydrogen) atoms. The van der Waals surface area contributed by atoms with E-state index in [2.05, 4.69) is 10.5 Å². The van der Waals surface area contributed by atoms with Gasteiger partial charge in [-0.25, -0.2) is 0 Å². The average molecular weight is 274 g/mol. The molecule has 1 N–H and O–H groups in total. The van der Waals surface area contributed by atoms with Crippen LogP contribution in [-0.2, 0) is 6.42 Å². The van der Waals surface area contributed by atoms with E-state index >= 15 is 0 Å². The summed E-state index contributed by atoms with van der Waals surface area (Å²) in [6.07, 6.45) is 0.654. The molecule has 0 aliphatic carbocycles. The highest BCUT2D eigenvalue weighted by molar-refractivity contribution is 6.06. The fourth-order valence-corrected chi connectivity index (χ4v) is 2.04. The van der Waals surface area contributed by atoms with Gasteiger partial charge in [-0.15, -0.1) is 0 Å². The van der Waals surface area contributed by atoms with Crippen molar-refractivity contribution >= 4 is 11.6 Å². The van der Waals surface area contributed by atoms with Gasteiger partial charge in [0.15, 0.2) is 0 Å². The number of carbonyl (C=O) groups is 1. The first-order valence-corrected chi connectivity index (χ1v) is 6.48. The van der Waals surface area contributed by atoms with Crippen LogP contribution in [0.25, 0.3) is 0 Å². The van der Waals surface area contributed by atoms with Gasteiger partial charge in [-0.1, -0.05) is 12.1 Å². The van der Waals surface area contributed by atoms with Crippen molar-refractivity contribution in [1.82, 2.24) is 5.16 Å². The number of nitrogens with one attached hydrogen (secondary N) is 1. The first-order valence-electron chi connectivity index (χ1n) is 6.48. The Labute approximate surface area is 117 Å². The molecular weight excluding hydrogens is 256 g/mol. The average Bonchev–Trinajstić information content (AvgIpc) is 2.82. The Balaban J connectivity index is 2.25. The number of hydrogen-bond acceptors (Lipinski definition) is 4. The summed E-state index contributed by atoms with van der Waals surface area (Å²) in [5.41, 5.74) is 2.87. The second kappa shape index (κ2) is 5.77. The lowest BCUT2D eigenvalue weighted by Crippen LogP contribution is -2.15. The Kier molecular flexibility index (Phi) is 4.08. The lowest BCUT2D eigenvalue weighted by Gasteiger charge is -2.09. The third-order valence-electron chi connectivity index (χ3n) is 3.18. The lowest BCUT2D eigenvalue weighted by atomic mass is 10.1. The second-order valence-corrected chi connectivity index (χ2v) is 4.55. The maximum absolute atomic E-state index is 12.3. The molecule has 5 heteroatoms. The van der Waals surface area contributed by atoms with Gasteiger partial charge >= 0.3 is 0 Å². The third kappa shape index (κ3) is 2.66. The first kappa shape index (κ1) is 14.1. The fourth-order valence-electron chi connectivity index (χ4n) is 2.04. The molecule has 5 nitrogen and oxygen atoms in total. The minimum Gasteiger partial charge on any atom is -0.497 e. The van der Waals surface area contributed by atoms with E-state index in [0.717, 1.165) is 17.0 Å². The monoisotopic (exact) mass is 274 g/mol. The van der Waals surface area contributed by atoms with Crippen LogP contribution in [-0.4, -0.2) is 18.2 Å². The number of hydrogen-bond donors (Lipinski definition) is 1. The van der Waals surface area contributed by atoms with Crippen LogP contribution in [0.3, 0.4) is 0 Å². The van der Waals surface area contributed by atoms with Gasteiger partial charge in [0.25, 0.3) is 5.91 Å². The molecule has 1 amide bonds. The first-order chi connectivity index (χ1) is 9.56. The molecule has 0 unspecified atom stereocenters. The Morgan fingerprint density at radius 2 is 2.15 bits per heavy atom. The Bertz CT molecular complexity index is 632. The minimum atomic E-state index is -0.200. The van der Waals surface area contributed by atoms with E-state index in [4.69, 9.17) is 9.26 Å². The zero-order chi connectivity index (χ0) is 14.7. The van der Waals surface area contributed by atoms with Crippen LogP contribution in [0.2, 0.25) is 0 Å². The molecule has 0 radical (unpaired) electrons. The molecule has 0 saturated carbocycles. The van der Waals surface area contributed by atoms with Gasteiger partial charge in [0.05, 0.1) is 12.8 Å². The molecule has 0 fully saturated rings. The van der Waals surface area contributed by atoms with Gasteiger partial charge in [-0.05, 0) is 44.0 Å². The van der Waals surface area contributed by atoms with Crippen molar-refractivity contribution in [2.24, 2.45) is 0 Å². The number of carbonyl (C=O) groups excluding carboxylic acids is 1. The number of rotatable bonds is 4. The normalized spacial score (nSPS) is 10.4.